The maximum absolute atomic E-state index is 12.6. The van der Waals surface area contributed by atoms with Gasteiger partial charge in [0.25, 0.3) is 0 Å². The number of nitriles is 1. The Balaban J connectivity index is 2.71. The van der Waals surface area contributed by atoms with Crippen molar-refractivity contribution in [3.8, 4) is 11.8 Å². The highest BCUT2D eigenvalue weighted by Crippen LogP contribution is 2.29. The number of ether oxygens (including phenoxy) is 1. The molecule has 92 valence electrons. The third-order valence-electron chi connectivity index (χ3n) is 1.85. The van der Waals surface area contributed by atoms with Crippen LogP contribution in [0.4, 0.5) is 17.6 Å². The van der Waals surface area contributed by atoms with Crippen LogP contribution in [0.15, 0.2) is 18.2 Å². The largest absolute Gasteiger partial charge is 0.490 e. The predicted octanol–water partition coefficient (Wildman–Crippen LogP) is 3.56. The lowest BCUT2D eigenvalue weighted by atomic mass is 10.2. The summed E-state index contributed by atoms with van der Waals surface area (Å²) in [5.41, 5.74) is 0. The van der Waals surface area contributed by atoms with Gasteiger partial charge in [0, 0.05) is 0 Å². The first-order valence-electron chi connectivity index (χ1n) is 4.38. The van der Waals surface area contributed by atoms with Crippen LogP contribution in [0.25, 0.3) is 0 Å². The van der Waals surface area contributed by atoms with E-state index in [1.54, 1.807) is 0 Å². The summed E-state index contributed by atoms with van der Waals surface area (Å²) in [6.07, 6.45) is -4.67. The second kappa shape index (κ2) is 5.23. The van der Waals surface area contributed by atoms with Crippen LogP contribution in [-0.4, -0.2) is 12.8 Å². The van der Waals surface area contributed by atoms with E-state index in [9.17, 15) is 17.6 Å². The highest BCUT2D eigenvalue weighted by molar-refractivity contribution is 6.32. The van der Waals surface area contributed by atoms with Gasteiger partial charge in [0.2, 0.25) is 0 Å². The first-order chi connectivity index (χ1) is 7.84. The zero-order valence-corrected chi connectivity index (χ0v) is 9.02. The average Bonchev–Trinajstić information content (AvgIpc) is 2.19. The smallest absolute Gasteiger partial charge is 0.407 e. The number of alkyl halides is 3. The number of halogens is 5. The lowest BCUT2D eigenvalue weighted by Gasteiger charge is -2.14. The Labute approximate surface area is 99.4 Å². The van der Waals surface area contributed by atoms with E-state index in [-0.39, 0.29) is 10.8 Å². The lowest BCUT2D eigenvalue weighted by molar-refractivity contribution is -0.165. The molecule has 7 heteroatoms. The molecule has 1 aromatic carbocycles. The Morgan fingerprint density at radius 1 is 1.41 bits per heavy atom. The van der Waals surface area contributed by atoms with Crippen molar-refractivity contribution in [2.75, 3.05) is 6.61 Å². The number of hydrogen-bond donors (Lipinski definition) is 0. The molecule has 0 saturated heterocycles. The molecule has 0 aromatic heterocycles. The van der Waals surface area contributed by atoms with Crippen LogP contribution in [0.3, 0.4) is 0 Å². The number of nitrogens with zero attached hydrogens (tertiary/aromatic N) is 1. The minimum atomic E-state index is -4.67. The fourth-order valence-electron chi connectivity index (χ4n) is 0.970. The zero-order valence-electron chi connectivity index (χ0n) is 8.26. The van der Waals surface area contributed by atoms with Crippen molar-refractivity contribution < 1.29 is 22.3 Å². The molecule has 0 radical (unpaired) electrons. The van der Waals surface area contributed by atoms with Gasteiger partial charge in [-0.25, -0.2) is 4.39 Å². The topological polar surface area (TPSA) is 33.0 Å². The third kappa shape index (κ3) is 3.79. The highest BCUT2D eigenvalue weighted by Gasteiger charge is 2.40. The van der Waals surface area contributed by atoms with E-state index in [0.717, 1.165) is 24.3 Å². The van der Waals surface area contributed by atoms with Crippen LogP contribution >= 0.6 is 11.6 Å². The summed E-state index contributed by atoms with van der Waals surface area (Å²) >= 11 is 5.54. The quantitative estimate of drug-likeness (QED) is 0.785. The van der Waals surface area contributed by atoms with Crippen molar-refractivity contribution in [2.24, 2.45) is 5.92 Å². The van der Waals surface area contributed by atoms with Gasteiger partial charge in [-0.1, -0.05) is 11.6 Å². The van der Waals surface area contributed by atoms with E-state index in [1.807, 2.05) is 0 Å². The maximum atomic E-state index is 12.6. The molecule has 0 amide bonds. The minimum absolute atomic E-state index is 0.0995. The Kier molecular flexibility index (Phi) is 4.18. The molecule has 0 aliphatic heterocycles. The van der Waals surface area contributed by atoms with E-state index in [4.69, 9.17) is 21.6 Å². The van der Waals surface area contributed by atoms with E-state index in [2.05, 4.69) is 0 Å². The Morgan fingerprint density at radius 3 is 2.53 bits per heavy atom. The summed E-state index contributed by atoms with van der Waals surface area (Å²) in [6.45, 7) is -0.884. The van der Waals surface area contributed by atoms with E-state index < -0.39 is 24.5 Å². The summed E-state index contributed by atoms with van der Waals surface area (Å²) in [7, 11) is 0. The van der Waals surface area contributed by atoms with Crippen LogP contribution in [0.1, 0.15) is 0 Å². The third-order valence-corrected chi connectivity index (χ3v) is 2.15. The molecule has 1 rings (SSSR count). The SMILES string of the molecule is N#CC(COc1ccc(F)cc1Cl)C(F)(F)F. The monoisotopic (exact) mass is 267 g/mol. The van der Waals surface area contributed by atoms with Crippen LogP contribution in [0.2, 0.25) is 5.02 Å². The van der Waals surface area contributed by atoms with Crippen molar-refractivity contribution >= 4 is 11.6 Å². The summed E-state index contributed by atoms with van der Waals surface area (Å²) in [5.74, 6) is -2.98. The lowest BCUT2D eigenvalue weighted by Crippen LogP contribution is -2.27. The molecule has 0 aliphatic carbocycles. The molecule has 0 N–H and O–H groups in total. The number of rotatable bonds is 3. The van der Waals surface area contributed by atoms with Crippen LogP contribution in [0, 0.1) is 23.1 Å². The van der Waals surface area contributed by atoms with Gasteiger partial charge in [-0.3, -0.25) is 0 Å². The van der Waals surface area contributed by atoms with Gasteiger partial charge >= 0.3 is 6.18 Å². The Morgan fingerprint density at radius 2 is 2.06 bits per heavy atom. The van der Waals surface area contributed by atoms with E-state index in [1.165, 1.54) is 0 Å². The van der Waals surface area contributed by atoms with Crippen LogP contribution < -0.4 is 4.74 Å². The molecule has 0 heterocycles. The van der Waals surface area contributed by atoms with Crippen molar-refractivity contribution in [2.45, 2.75) is 6.18 Å². The van der Waals surface area contributed by atoms with Gasteiger partial charge in [-0.2, -0.15) is 18.4 Å². The van der Waals surface area contributed by atoms with Gasteiger partial charge in [0.1, 0.15) is 18.2 Å². The highest BCUT2D eigenvalue weighted by atomic mass is 35.5. The number of benzene rings is 1. The normalized spacial score (nSPS) is 12.9. The van der Waals surface area contributed by atoms with Crippen LogP contribution in [-0.2, 0) is 0 Å². The van der Waals surface area contributed by atoms with Gasteiger partial charge in [-0.05, 0) is 18.2 Å². The molecule has 0 spiro atoms. The molecule has 0 fully saturated rings. The van der Waals surface area contributed by atoms with Gasteiger partial charge in [0.05, 0.1) is 11.1 Å². The molecule has 0 aliphatic rings. The molecule has 1 atom stereocenters. The van der Waals surface area contributed by atoms with E-state index in [0.29, 0.717) is 0 Å². The van der Waals surface area contributed by atoms with E-state index >= 15 is 0 Å². The molecule has 17 heavy (non-hydrogen) atoms. The van der Waals surface area contributed by atoms with Crippen molar-refractivity contribution in [1.29, 1.82) is 5.26 Å². The molecular formula is C10H6ClF4NO. The summed E-state index contributed by atoms with van der Waals surface area (Å²) < 4.78 is 53.9. The molecule has 1 aromatic rings. The Bertz CT molecular complexity index is 441. The first-order valence-corrected chi connectivity index (χ1v) is 4.76. The van der Waals surface area contributed by atoms with Crippen molar-refractivity contribution in [3.63, 3.8) is 0 Å². The molecule has 1 unspecified atom stereocenters. The summed E-state index contributed by atoms with van der Waals surface area (Å²) in [4.78, 5) is 0. The summed E-state index contributed by atoms with van der Waals surface area (Å²) in [5, 5.41) is 8.16. The van der Waals surface area contributed by atoms with Gasteiger partial charge in [0.15, 0.2) is 5.92 Å². The average molecular weight is 268 g/mol. The zero-order chi connectivity index (χ0) is 13.1. The Hall–Kier alpha value is -1.48. The fraction of sp³-hybridized carbons (Fsp3) is 0.300. The van der Waals surface area contributed by atoms with Gasteiger partial charge in [-0.15, -0.1) is 0 Å². The number of hydrogen-bond acceptors (Lipinski definition) is 2. The molecule has 0 saturated carbocycles. The fourth-order valence-corrected chi connectivity index (χ4v) is 1.19. The predicted molar refractivity (Wildman–Crippen MR) is 52.1 cm³/mol. The minimum Gasteiger partial charge on any atom is -0.490 e. The second-order valence-electron chi connectivity index (χ2n) is 3.11. The maximum Gasteiger partial charge on any atom is 0.407 e. The van der Waals surface area contributed by atoms with Crippen LogP contribution in [0.5, 0.6) is 5.75 Å². The molecular weight excluding hydrogens is 262 g/mol. The molecule has 2 nitrogen and oxygen atoms in total. The van der Waals surface area contributed by atoms with Crippen molar-refractivity contribution in [3.05, 3.63) is 29.0 Å². The first kappa shape index (κ1) is 13.6. The standard InChI is InChI=1S/C10H6ClF4NO/c11-8-3-7(12)1-2-9(8)17-5-6(4-16)10(13,14)15/h1-3,6H,5H2. The second-order valence-corrected chi connectivity index (χ2v) is 3.52. The summed E-state index contributed by atoms with van der Waals surface area (Å²) in [6, 6.07) is 4.08. The van der Waals surface area contributed by atoms with Crippen molar-refractivity contribution in [1.82, 2.24) is 0 Å². The van der Waals surface area contributed by atoms with Gasteiger partial charge < -0.3 is 4.74 Å². The molecule has 0 bridgehead atoms.